The van der Waals surface area contributed by atoms with Gasteiger partial charge in [0, 0.05) is 19.3 Å². The molecule has 0 aliphatic heterocycles. The number of carboxylic acids is 1. The van der Waals surface area contributed by atoms with E-state index in [4.69, 9.17) is 14.2 Å². The van der Waals surface area contributed by atoms with Crippen LogP contribution in [0.15, 0.2) is 48.6 Å². The molecule has 0 fully saturated rings. The molecule has 0 saturated carbocycles. The maximum Gasteiger partial charge on any atom is 0.306 e. The molecule has 2 atom stereocenters. The zero-order valence-corrected chi connectivity index (χ0v) is 25.5. The summed E-state index contributed by atoms with van der Waals surface area (Å²) in [5.41, 5.74) is 0. The topological polar surface area (TPSA) is 102 Å². The minimum atomic E-state index is -1.14. The Kier molecular flexibility index (Phi) is 22.5. The molecular weight excluding hydrogens is 510 g/mol. The van der Waals surface area contributed by atoms with E-state index in [1.165, 1.54) is 0 Å². The van der Waals surface area contributed by atoms with Crippen molar-refractivity contribution in [1.82, 2.24) is 0 Å². The van der Waals surface area contributed by atoms with E-state index in [1.807, 2.05) is 12.2 Å². The predicted octanol–water partition coefficient (Wildman–Crippen LogP) is 4.84. The van der Waals surface area contributed by atoms with Gasteiger partial charge in [-0.2, -0.15) is 0 Å². The third-order valence-corrected chi connectivity index (χ3v) is 5.97. The van der Waals surface area contributed by atoms with Crippen molar-refractivity contribution >= 4 is 17.9 Å². The van der Waals surface area contributed by atoms with Crippen LogP contribution in [0.25, 0.3) is 0 Å². The van der Waals surface area contributed by atoms with E-state index in [9.17, 15) is 19.5 Å². The van der Waals surface area contributed by atoms with Gasteiger partial charge < -0.3 is 28.6 Å². The number of quaternary nitrogens is 1. The summed E-state index contributed by atoms with van der Waals surface area (Å²) >= 11 is 0. The lowest BCUT2D eigenvalue weighted by molar-refractivity contribution is -0.889. The number of unbranched alkanes of at least 4 members (excludes halogenated alkanes) is 2. The van der Waals surface area contributed by atoms with Gasteiger partial charge in [0.2, 0.25) is 0 Å². The van der Waals surface area contributed by atoms with E-state index < -0.39 is 24.1 Å². The smallest absolute Gasteiger partial charge is 0.306 e. The Labute approximate surface area is 242 Å². The number of nitrogens with zero attached hydrogens (tertiary/aromatic N) is 1. The largest absolute Gasteiger partial charge is 0.544 e. The molecule has 0 spiro atoms. The van der Waals surface area contributed by atoms with Crippen LogP contribution in [0.3, 0.4) is 0 Å². The zero-order chi connectivity index (χ0) is 30.1. The summed E-state index contributed by atoms with van der Waals surface area (Å²) in [4.78, 5) is 36.1. The van der Waals surface area contributed by atoms with Gasteiger partial charge in [-0.15, -0.1) is 0 Å². The van der Waals surface area contributed by atoms with Crippen LogP contribution in [-0.4, -0.2) is 75.5 Å². The van der Waals surface area contributed by atoms with Crippen molar-refractivity contribution in [3.63, 3.8) is 0 Å². The lowest BCUT2D eigenvalue weighted by Crippen LogP contribution is -2.55. The van der Waals surface area contributed by atoms with E-state index in [2.05, 4.69) is 50.3 Å². The maximum atomic E-state index is 12.4. The van der Waals surface area contributed by atoms with E-state index >= 15 is 0 Å². The number of ether oxygens (including phenoxy) is 3. The molecule has 0 saturated heterocycles. The van der Waals surface area contributed by atoms with Gasteiger partial charge in [0.25, 0.3) is 0 Å². The van der Waals surface area contributed by atoms with Crippen LogP contribution in [0.5, 0.6) is 0 Å². The van der Waals surface area contributed by atoms with Crippen molar-refractivity contribution in [3.8, 4) is 0 Å². The van der Waals surface area contributed by atoms with Gasteiger partial charge in [-0.1, -0.05) is 62.5 Å². The minimum Gasteiger partial charge on any atom is -0.544 e. The summed E-state index contributed by atoms with van der Waals surface area (Å²) in [5, 5.41) is 11.5. The first-order valence-electron chi connectivity index (χ1n) is 14.7. The summed E-state index contributed by atoms with van der Waals surface area (Å²) in [7, 11) is 5.33. The third kappa shape index (κ3) is 22.1. The number of likely N-dealkylation sites (N-methyl/N-ethyl adjacent to an activating group) is 1. The first-order valence-corrected chi connectivity index (χ1v) is 14.7. The van der Waals surface area contributed by atoms with Crippen LogP contribution in [0.1, 0.15) is 84.5 Å². The average molecular weight is 564 g/mol. The Balaban J connectivity index is 4.66. The number of hydrogen-bond acceptors (Lipinski definition) is 7. The first kappa shape index (κ1) is 37.3. The van der Waals surface area contributed by atoms with Gasteiger partial charge in [-0.05, 0) is 51.4 Å². The number of carbonyl (C=O) groups is 3. The van der Waals surface area contributed by atoms with Gasteiger partial charge in [-0.25, -0.2) is 0 Å². The molecule has 0 radical (unpaired) electrons. The molecule has 0 N–H and O–H groups in total. The third-order valence-electron chi connectivity index (χ3n) is 5.97. The molecule has 8 nitrogen and oxygen atoms in total. The molecule has 0 aromatic carbocycles. The summed E-state index contributed by atoms with van der Waals surface area (Å²) in [6, 6.07) is -0.736. The molecule has 0 aromatic rings. The fraction of sp³-hybridized carbons (Fsp3) is 0.656. The predicted molar refractivity (Wildman–Crippen MR) is 157 cm³/mol. The SMILES string of the molecule is CC/C=C/C/C=C/CCCCC(=O)OCC(COCCC(C(=O)[O-])[N+](C)(C)C)OC(=O)CC/C=C/C/C=C/CC. The summed E-state index contributed by atoms with van der Waals surface area (Å²) in [5.74, 6) is -1.89. The normalized spacial score (nSPS) is 13.9. The zero-order valence-electron chi connectivity index (χ0n) is 25.5. The second-order valence-corrected chi connectivity index (χ2v) is 10.6. The lowest BCUT2D eigenvalue weighted by Gasteiger charge is -2.34. The van der Waals surface area contributed by atoms with Gasteiger partial charge in [0.1, 0.15) is 12.6 Å². The van der Waals surface area contributed by atoms with Crippen molar-refractivity contribution in [3.05, 3.63) is 48.6 Å². The second-order valence-electron chi connectivity index (χ2n) is 10.6. The Morgan fingerprint density at radius 1 is 0.750 bits per heavy atom. The molecule has 8 heteroatoms. The standard InChI is InChI=1S/C32H53NO7/c1-6-8-10-12-14-15-17-18-20-22-30(34)39-27-28(26-38-25-24-29(32(36)37)33(3,4)5)40-31(35)23-21-19-16-13-11-9-7-2/h8-11,14-16,19,28-29H,6-7,12-13,17-18,20-27H2,1-5H3/b10-8+,11-9+,15-14+,19-16+. The van der Waals surface area contributed by atoms with Crippen LogP contribution in [0.4, 0.5) is 0 Å². The number of esters is 2. The number of allylic oxidation sites excluding steroid dienone is 8. The average Bonchev–Trinajstić information content (AvgIpc) is 2.89. The molecule has 0 aliphatic rings. The number of aliphatic carboxylic acids is 1. The molecule has 0 heterocycles. The Hall–Kier alpha value is -2.71. The van der Waals surface area contributed by atoms with Crippen LogP contribution < -0.4 is 5.11 Å². The summed E-state index contributed by atoms with van der Waals surface area (Å²) in [6.45, 7) is 4.22. The van der Waals surface area contributed by atoms with Gasteiger partial charge in [0.05, 0.1) is 40.3 Å². The minimum absolute atomic E-state index is 0.00482. The van der Waals surface area contributed by atoms with Crippen molar-refractivity contribution in [2.75, 3.05) is 41.0 Å². The van der Waals surface area contributed by atoms with E-state index in [0.29, 0.717) is 19.3 Å². The summed E-state index contributed by atoms with van der Waals surface area (Å²) in [6.07, 6.45) is 23.4. The van der Waals surface area contributed by atoms with Crippen molar-refractivity contribution in [2.24, 2.45) is 0 Å². The first-order chi connectivity index (χ1) is 19.1. The Bertz CT molecular complexity index is 809. The molecule has 40 heavy (non-hydrogen) atoms. The van der Waals surface area contributed by atoms with Crippen LogP contribution in [-0.2, 0) is 28.6 Å². The maximum absolute atomic E-state index is 12.4. The van der Waals surface area contributed by atoms with Crippen molar-refractivity contribution in [2.45, 2.75) is 96.6 Å². The molecule has 0 bridgehead atoms. The number of hydrogen-bond donors (Lipinski definition) is 0. The van der Waals surface area contributed by atoms with Crippen LogP contribution in [0, 0.1) is 0 Å². The monoisotopic (exact) mass is 563 g/mol. The van der Waals surface area contributed by atoms with E-state index in [-0.39, 0.29) is 43.1 Å². The van der Waals surface area contributed by atoms with Gasteiger partial charge in [-0.3, -0.25) is 9.59 Å². The van der Waals surface area contributed by atoms with Crippen molar-refractivity contribution < 1.29 is 38.2 Å². The van der Waals surface area contributed by atoms with Crippen LogP contribution in [0.2, 0.25) is 0 Å². The Morgan fingerprint density at radius 3 is 1.93 bits per heavy atom. The quantitative estimate of drug-likeness (QED) is 0.0717. The fourth-order valence-electron chi connectivity index (χ4n) is 3.69. The number of rotatable bonds is 24. The summed E-state index contributed by atoms with van der Waals surface area (Å²) < 4.78 is 16.8. The molecule has 0 aliphatic carbocycles. The molecular formula is C32H53NO7. The number of carbonyl (C=O) groups excluding carboxylic acids is 3. The molecule has 0 amide bonds. The highest BCUT2D eigenvalue weighted by Crippen LogP contribution is 2.09. The highest BCUT2D eigenvalue weighted by molar-refractivity contribution is 5.70. The van der Waals surface area contributed by atoms with Gasteiger partial charge >= 0.3 is 11.9 Å². The van der Waals surface area contributed by atoms with Gasteiger partial charge in [0.15, 0.2) is 6.10 Å². The van der Waals surface area contributed by atoms with Crippen molar-refractivity contribution in [1.29, 1.82) is 0 Å². The highest BCUT2D eigenvalue weighted by Gasteiger charge is 2.25. The van der Waals surface area contributed by atoms with E-state index in [1.54, 1.807) is 21.1 Å². The molecule has 2 unspecified atom stereocenters. The Morgan fingerprint density at radius 2 is 1.35 bits per heavy atom. The highest BCUT2D eigenvalue weighted by atomic mass is 16.6. The van der Waals surface area contributed by atoms with E-state index in [0.717, 1.165) is 38.5 Å². The molecule has 0 rings (SSSR count). The molecule has 228 valence electrons. The fourth-order valence-corrected chi connectivity index (χ4v) is 3.69. The number of carboxylic acid groups (broad SMARTS) is 1. The van der Waals surface area contributed by atoms with Crippen LogP contribution >= 0.6 is 0 Å². The lowest BCUT2D eigenvalue weighted by atomic mass is 10.1. The second kappa shape index (κ2) is 24.1. The molecule has 0 aromatic heterocycles.